The van der Waals surface area contributed by atoms with E-state index >= 15 is 0 Å². The summed E-state index contributed by atoms with van der Waals surface area (Å²) >= 11 is 2.98. The molecule has 2 aromatic heterocycles. The van der Waals surface area contributed by atoms with E-state index in [0.717, 1.165) is 44.6 Å². The Morgan fingerprint density at radius 3 is 1.16 bits per heavy atom. The van der Waals surface area contributed by atoms with Crippen LogP contribution in [0.2, 0.25) is 0 Å². The van der Waals surface area contributed by atoms with Crippen LogP contribution in [0.15, 0.2) is 108 Å². The van der Waals surface area contributed by atoms with Gasteiger partial charge in [-0.15, -0.1) is 22.7 Å². The Bertz CT molecular complexity index is 1160. The quantitative estimate of drug-likeness (QED) is 0.232. The van der Waals surface area contributed by atoms with E-state index in [-0.39, 0.29) is 0 Å². The molecule has 0 spiro atoms. The minimum absolute atomic E-state index is 0.722. The Hall–Kier alpha value is -3.74. The van der Waals surface area contributed by atoms with Crippen LogP contribution in [-0.2, 0) is 0 Å². The van der Waals surface area contributed by atoms with E-state index in [9.17, 15) is 0 Å². The van der Waals surface area contributed by atoms with Crippen molar-refractivity contribution >= 4 is 22.7 Å². The second kappa shape index (κ2) is 9.60. The fourth-order valence-electron chi connectivity index (χ4n) is 2.87. The van der Waals surface area contributed by atoms with Crippen molar-refractivity contribution in [2.75, 3.05) is 0 Å². The van der Waals surface area contributed by atoms with Crippen molar-refractivity contribution in [1.82, 2.24) is 0 Å². The lowest BCUT2D eigenvalue weighted by Crippen LogP contribution is -1.84. The van der Waals surface area contributed by atoms with Gasteiger partial charge in [0.1, 0.15) is 34.5 Å². The van der Waals surface area contributed by atoms with Crippen molar-refractivity contribution < 1.29 is 18.9 Å². The maximum Gasteiger partial charge on any atom is 0.184 e. The molecule has 6 heteroatoms. The predicted octanol–water partition coefficient (Wildman–Crippen LogP) is 8.98. The van der Waals surface area contributed by atoms with E-state index in [4.69, 9.17) is 18.9 Å². The molecule has 0 N–H and O–H groups in total. The van der Waals surface area contributed by atoms with Gasteiger partial charge in [0.2, 0.25) is 0 Å². The molecule has 0 fully saturated rings. The molecule has 0 aliphatic carbocycles. The van der Waals surface area contributed by atoms with Crippen LogP contribution in [0, 0.1) is 0 Å². The van der Waals surface area contributed by atoms with Crippen molar-refractivity contribution in [3.05, 3.63) is 108 Å². The third kappa shape index (κ3) is 5.29. The number of benzene rings is 3. The number of thiophene rings is 2. The van der Waals surface area contributed by atoms with E-state index in [1.54, 1.807) is 0 Å². The zero-order valence-corrected chi connectivity index (χ0v) is 18.5. The molecule has 0 saturated heterocycles. The van der Waals surface area contributed by atoms with E-state index < -0.39 is 0 Å². The van der Waals surface area contributed by atoms with Gasteiger partial charge in [0.15, 0.2) is 10.1 Å². The second-order valence-electron chi connectivity index (χ2n) is 6.71. The van der Waals surface area contributed by atoms with Gasteiger partial charge in [-0.3, -0.25) is 0 Å². The first-order valence-corrected chi connectivity index (χ1v) is 11.6. The highest BCUT2D eigenvalue weighted by Gasteiger charge is 2.07. The van der Waals surface area contributed by atoms with Crippen molar-refractivity contribution in [3.8, 4) is 44.6 Å². The normalized spacial score (nSPS) is 10.5. The molecule has 32 heavy (non-hydrogen) atoms. The average Bonchev–Trinajstić information content (AvgIpc) is 3.46. The van der Waals surface area contributed by atoms with Gasteiger partial charge in [0, 0.05) is 22.9 Å². The first-order valence-electron chi connectivity index (χ1n) is 9.89. The lowest BCUT2D eigenvalue weighted by molar-refractivity contribution is 0.463. The Morgan fingerprint density at radius 2 is 0.750 bits per heavy atom. The summed E-state index contributed by atoms with van der Waals surface area (Å²) in [5.74, 6) is 4.51. The summed E-state index contributed by atoms with van der Waals surface area (Å²) in [6.45, 7) is 0. The van der Waals surface area contributed by atoms with Crippen LogP contribution in [0.5, 0.6) is 44.6 Å². The van der Waals surface area contributed by atoms with Gasteiger partial charge in [-0.05, 0) is 48.5 Å². The molecule has 0 saturated carbocycles. The SMILES string of the molecule is c1ccc(Oc2cc(Oc3ccc(Oc4csc(Oc5ccccc5)c4)cc3)cs2)cc1. The highest BCUT2D eigenvalue weighted by molar-refractivity contribution is 7.12. The number of hydrogen-bond donors (Lipinski definition) is 0. The number of para-hydroxylation sites is 2. The highest BCUT2D eigenvalue weighted by atomic mass is 32.1. The molecule has 0 amide bonds. The topological polar surface area (TPSA) is 36.9 Å². The van der Waals surface area contributed by atoms with Crippen LogP contribution < -0.4 is 18.9 Å². The molecule has 0 atom stereocenters. The largest absolute Gasteiger partial charge is 0.456 e. The van der Waals surface area contributed by atoms with Crippen molar-refractivity contribution in [3.63, 3.8) is 0 Å². The third-order valence-electron chi connectivity index (χ3n) is 4.32. The Balaban J connectivity index is 1.17. The van der Waals surface area contributed by atoms with E-state index in [2.05, 4.69) is 0 Å². The summed E-state index contributed by atoms with van der Waals surface area (Å²) in [5.41, 5.74) is 0. The fraction of sp³-hybridized carbons (Fsp3) is 0. The minimum atomic E-state index is 0.722. The summed E-state index contributed by atoms with van der Waals surface area (Å²) in [4.78, 5) is 0. The van der Waals surface area contributed by atoms with Gasteiger partial charge in [0.05, 0.1) is 0 Å². The Labute approximate surface area is 193 Å². The molecule has 2 heterocycles. The average molecular weight is 459 g/mol. The lowest BCUT2D eigenvalue weighted by Gasteiger charge is -2.06. The van der Waals surface area contributed by atoms with E-state index in [1.807, 2.05) is 108 Å². The summed E-state index contributed by atoms with van der Waals surface area (Å²) in [6, 6.07) is 30.6. The van der Waals surface area contributed by atoms with Crippen LogP contribution in [-0.4, -0.2) is 0 Å². The molecule has 158 valence electrons. The van der Waals surface area contributed by atoms with Gasteiger partial charge in [-0.25, -0.2) is 0 Å². The summed E-state index contributed by atoms with van der Waals surface area (Å²) in [5, 5.41) is 5.39. The molecule has 0 bridgehead atoms. The summed E-state index contributed by atoms with van der Waals surface area (Å²) in [6.07, 6.45) is 0. The summed E-state index contributed by atoms with van der Waals surface area (Å²) in [7, 11) is 0. The third-order valence-corrected chi connectivity index (χ3v) is 5.89. The molecular weight excluding hydrogens is 440 g/mol. The van der Waals surface area contributed by atoms with Crippen molar-refractivity contribution in [1.29, 1.82) is 0 Å². The first kappa shape index (κ1) is 20.2. The van der Waals surface area contributed by atoms with Gasteiger partial charge in [0.25, 0.3) is 0 Å². The number of ether oxygens (including phenoxy) is 4. The molecule has 0 aliphatic heterocycles. The molecular formula is C26H18O4S2. The van der Waals surface area contributed by atoms with Crippen LogP contribution in [0.1, 0.15) is 0 Å². The highest BCUT2D eigenvalue weighted by Crippen LogP contribution is 2.37. The minimum Gasteiger partial charge on any atom is -0.456 e. The van der Waals surface area contributed by atoms with E-state index in [1.165, 1.54) is 22.7 Å². The zero-order chi connectivity index (χ0) is 21.6. The van der Waals surface area contributed by atoms with Crippen LogP contribution in [0.25, 0.3) is 0 Å². The van der Waals surface area contributed by atoms with Crippen LogP contribution in [0.3, 0.4) is 0 Å². The standard InChI is InChI=1S/C26H18O4S2/c1-3-7-19(8-4-1)29-25-15-23(17-31-25)27-21-11-13-22(14-12-21)28-24-16-26(32-18-24)30-20-9-5-2-6-10-20/h1-18H. The predicted molar refractivity (Wildman–Crippen MR) is 128 cm³/mol. The van der Waals surface area contributed by atoms with Gasteiger partial charge >= 0.3 is 0 Å². The van der Waals surface area contributed by atoms with Gasteiger partial charge in [-0.1, -0.05) is 36.4 Å². The summed E-state index contributed by atoms with van der Waals surface area (Å²) < 4.78 is 23.5. The van der Waals surface area contributed by atoms with E-state index in [0.29, 0.717) is 0 Å². The van der Waals surface area contributed by atoms with Crippen molar-refractivity contribution in [2.45, 2.75) is 0 Å². The zero-order valence-electron chi connectivity index (χ0n) is 16.8. The number of rotatable bonds is 8. The van der Waals surface area contributed by atoms with Crippen molar-refractivity contribution in [2.24, 2.45) is 0 Å². The molecule has 0 unspecified atom stereocenters. The maximum absolute atomic E-state index is 5.93. The lowest BCUT2D eigenvalue weighted by atomic mass is 10.3. The first-order chi connectivity index (χ1) is 15.8. The molecule has 5 aromatic rings. The fourth-order valence-corrected chi connectivity index (χ4v) is 4.23. The molecule has 4 nitrogen and oxygen atoms in total. The maximum atomic E-state index is 5.93. The molecule has 3 aromatic carbocycles. The Kier molecular flexibility index (Phi) is 6.05. The molecule has 5 rings (SSSR count). The van der Waals surface area contributed by atoms with Gasteiger partial charge < -0.3 is 18.9 Å². The monoisotopic (exact) mass is 458 g/mol. The smallest absolute Gasteiger partial charge is 0.184 e. The van der Waals surface area contributed by atoms with Crippen LogP contribution in [0.4, 0.5) is 0 Å². The Morgan fingerprint density at radius 1 is 0.375 bits per heavy atom. The molecule has 0 radical (unpaired) electrons. The molecule has 0 aliphatic rings. The van der Waals surface area contributed by atoms with Crippen LogP contribution >= 0.6 is 22.7 Å². The number of hydrogen-bond acceptors (Lipinski definition) is 6. The second-order valence-corrected chi connectivity index (χ2v) is 8.46. The van der Waals surface area contributed by atoms with Gasteiger partial charge in [-0.2, -0.15) is 0 Å².